The molecule has 1 aromatic heterocycles. The maximum atomic E-state index is 14.2. The van der Waals surface area contributed by atoms with Gasteiger partial charge in [-0.05, 0) is 80.4 Å². The number of aromatic nitrogens is 1. The number of rotatable bonds is 9. The largest absolute Gasteiger partial charge is 0.472 e. The number of pyridine rings is 1. The fraction of sp³-hybridized carbons (Fsp3) is 0.629. The minimum atomic E-state index is -3.84. The zero-order chi connectivity index (χ0) is 34.8. The topological polar surface area (TPSA) is 173 Å². The van der Waals surface area contributed by atoms with Gasteiger partial charge in [0.1, 0.15) is 23.7 Å². The van der Waals surface area contributed by atoms with Crippen molar-refractivity contribution >= 4 is 44.6 Å². The lowest BCUT2D eigenvalue weighted by Crippen LogP contribution is -2.58. The van der Waals surface area contributed by atoms with E-state index in [0.717, 1.165) is 42.0 Å². The minimum Gasteiger partial charge on any atom is -0.472 e. The zero-order valence-corrected chi connectivity index (χ0v) is 29.1. The molecule has 1 aromatic carbocycles. The van der Waals surface area contributed by atoms with Crippen LogP contribution >= 0.6 is 0 Å². The lowest BCUT2D eigenvalue weighted by Gasteiger charge is -2.29. The number of sulfonamides is 1. The lowest BCUT2D eigenvalue weighted by atomic mass is 10.0. The Bertz CT molecular complexity index is 1700. The van der Waals surface area contributed by atoms with Crippen LogP contribution in [-0.2, 0) is 35.6 Å². The molecule has 0 spiro atoms. The van der Waals surface area contributed by atoms with E-state index in [2.05, 4.69) is 32.5 Å². The number of benzene rings is 1. The van der Waals surface area contributed by atoms with Gasteiger partial charge in [-0.3, -0.25) is 19.1 Å². The molecule has 0 radical (unpaired) electrons. The van der Waals surface area contributed by atoms with Crippen LogP contribution < -0.4 is 20.1 Å². The maximum Gasteiger partial charge on any atom is 0.407 e. The van der Waals surface area contributed by atoms with E-state index in [1.165, 1.54) is 4.90 Å². The third-order valence-electron chi connectivity index (χ3n) is 10.2. The van der Waals surface area contributed by atoms with Crippen LogP contribution in [0.25, 0.3) is 10.8 Å². The normalized spacial score (nSPS) is 27.8. The molecule has 3 fully saturated rings. The van der Waals surface area contributed by atoms with Gasteiger partial charge in [0.2, 0.25) is 27.7 Å². The van der Waals surface area contributed by atoms with Gasteiger partial charge in [0, 0.05) is 18.0 Å². The van der Waals surface area contributed by atoms with Crippen LogP contribution in [0, 0.1) is 5.92 Å². The van der Waals surface area contributed by atoms with Gasteiger partial charge in [-0.25, -0.2) is 18.2 Å². The van der Waals surface area contributed by atoms with E-state index in [1.807, 2.05) is 26.0 Å². The van der Waals surface area contributed by atoms with Crippen molar-refractivity contribution in [3.8, 4) is 5.88 Å². The van der Waals surface area contributed by atoms with Crippen molar-refractivity contribution in [2.24, 2.45) is 5.92 Å². The van der Waals surface area contributed by atoms with E-state index in [9.17, 15) is 27.6 Å². The number of aryl methyl sites for hydroxylation is 1. The first-order valence-electron chi connectivity index (χ1n) is 17.7. The lowest BCUT2D eigenvalue weighted by molar-refractivity contribution is -0.141. The molecular weight excluding hydrogens is 650 g/mol. The Balaban J connectivity index is 1.30. The number of fused-ring (bicyclic) bond motifs is 3. The summed E-state index contributed by atoms with van der Waals surface area (Å²) in [6.45, 7) is 4.12. The van der Waals surface area contributed by atoms with Crippen LogP contribution in [0.1, 0.15) is 90.0 Å². The number of hydrogen-bond donors (Lipinski definition) is 3. The quantitative estimate of drug-likeness (QED) is 0.355. The van der Waals surface area contributed by atoms with Crippen molar-refractivity contribution in [3.05, 3.63) is 36.0 Å². The summed E-state index contributed by atoms with van der Waals surface area (Å²) in [5.41, 5.74) is -0.281. The summed E-state index contributed by atoms with van der Waals surface area (Å²) in [6, 6.07) is 6.08. The third kappa shape index (κ3) is 7.79. The summed E-state index contributed by atoms with van der Waals surface area (Å²) in [4.78, 5) is 60.7. The maximum absolute atomic E-state index is 14.2. The van der Waals surface area contributed by atoms with Gasteiger partial charge in [-0.2, -0.15) is 0 Å². The average molecular weight is 698 g/mol. The molecule has 4 aliphatic rings. The molecule has 4 amide bonds. The number of amides is 4. The molecule has 3 heterocycles. The summed E-state index contributed by atoms with van der Waals surface area (Å²) >= 11 is 0. The third-order valence-corrected chi connectivity index (χ3v) is 12.1. The van der Waals surface area contributed by atoms with E-state index < -0.39 is 62.8 Å². The summed E-state index contributed by atoms with van der Waals surface area (Å²) in [5, 5.41) is 6.80. The fourth-order valence-corrected chi connectivity index (χ4v) is 8.45. The molecule has 3 N–H and O–H groups in total. The van der Waals surface area contributed by atoms with E-state index in [0.29, 0.717) is 44.4 Å². The van der Waals surface area contributed by atoms with E-state index in [-0.39, 0.29) is 31.9 Å². The number of cyclic esters (lactones) is 1. The van der Waals surface area contributed by atoms with Crippen molar-refractivity contribution in [3.63, 3.8) is 0 Å². The molecular formula is C35H47N5O8S. The molecule has 6 rings (SSSR count). The van der Waals surface area contributed by atoms with E-state index in [4.69, 9.17) is 9.47 Å². The van der Waals surface area contributed by atoms with Crippen molar-refractivity contribution in [1.29, 1.82) is 0 Å². The molecule has 266 valence electrons. The Kier molecular flexibility index (Phi) is 10.3. The van der Waals surface area contributed by atoms with Crippen LogP contribution in [-0.4, -0.2) is 84.2 Å². The number of nitrogens with zero attached hydrogens (tertiary/aromatic N) is 2. The van der Waals surface area contributed by atoms with E-state index in [1.54, 1.807) is 6.20 Å². The smallest absolute Gasteiger partial charge is 0.407 e. The van der Waals surface area contributed by atoms with Gasteiger partial charge >= 0.3 is 6.09 Å². The summed E-state index contributed by atoms with van der Waals surface area (Å²) < 4.78 is 39.4. The molecule has 2 aliphatic heterocycles. The first kappa shape index (κ1) is 34.9. The number of alkyl carbamates (subject to hydrolysis) is 1. The summed E-state index contributed by atoms with van der Waals surface area (Å²) in [5.74, 6) is -1.64. The first-order valence-corrected chi connectivity index (χ1v) is 19.3. The average Bonchev–Trinajstić information content (AvgIpc) is 4.01. The number of nitrogens with one attached hydrogen (secondary N) is 3. The molecule has 1 saturated heterocycles. The van der Waals surface area contributed by atoms with Crippen molar-refractivity contribution < 1.29 is 37.1 Å². The van der Waals surface area contributed by atoms with Gasteiger partial charge in [0.25, 0.3) is 5.91 Å². The number of ether oxygens (including phenoxy) is 2. The van der Waals surface area contributed by atoms with Crippen LogP contribution in [0.15, 0.2) is 30.5 Å². The Hall–Kier alpha value is -3.94. The fourth-order valence-electron chi connectivity index (χ4n) is 7.09. The van der Waals surface area contributed by atoms with Crippen LogP contribution in [0.2, 0.25) is 0 Å². The number of carbonyl (C=O) groups excluding carboxylic acids is 4. The molecule has 2 saturated carbocycles. The predicted octanol–water partition coefficient (Wildman–Crippen LogP) is 3.49. The Labute approximate surface area is 287 Å². The number of unbranched alkanes of at least 4 members (excludes halogenated alkanes) is 1. The number of hydrogen-bond acceptors (Lipinski definition) is 9. The molecule has 1 unspecified atom stereocenters. The van der Waals surface area contributed by atoms with Crippen molar-refractivity contribution in [1.82, 2.24) is 25.2 Å². The summed E-state index contributed by atoms with van der Waals surface area (Å²) in [7, 11) is -3.84. The van der Waals surface area contributed by atoms with Gasteiger partial charge in [0.05, 0.1) is 18.4 Å². The highest BCUT2D eigenvalue weighted by Gasteiger charge is 2.62. The molecule has 4 bridgehead atoms. The molecule has 2 aromatic rings. The minimum absolute atomic E-state index is 0.0422. The Morgan fingerprint density at radius 2 is 1.94 bits per heavy atom. The molecule has 2 aliphatic carbocycles. The highest BCUT2D eigenvalue weighted by molar-refractivity contribution is 7.91. The van der Waals surface area contributed by atoms with Crippen molar-refractivity contribution in [2.75, 3.05) is 13.2 Å². The molecule has 49 heavy (non-hydrogen) atoms. The second kappa shape index (κ2) is 14.5. The Morgan fingerprint density at radius 1 is 1.12 bits per heavy atom. The Morgan fingerprint density at radius 3 is 2.67 bits per heavy atom. The zero-order valence-electron chi connectivity index (χ0n) is 28.2. The number of carbonyl (C=O) groups is 4. The first-order chi connectivity index (χ1) is 23.5. The molecule has 14 heteroatoms. The van der Waals surface area contributed by atoms with Gasteiger partial charge in [-0.1, -0.05) is 45.2 Å². The van der Waals surface area contributed by atoms with Gasteiger partial charge < -0.3 is 25.0 Å². The second-order valence-corrected chi connectivity index (χ2v) is 15.8. The highest BCUT2D eigenvalue weighted by Crippen LogP contribution is 2.47. The highest BCUT2D eigenvalue weighted by atomic mass is 32.2. The van der Waals surface area contributed by atoms with Gasteiger partial charge in [-0.15, -0.1) is 0 Å². The standard InChI is InChI=1S/C35H47N5O8S/c1-3-5-10-28-32(42)40-21-25(19-29(40)30(41)38-35(20-24(35)4-2)33(43)39-49(45,46)26-13-14-26)48-31-27-18-22(11-12-23(27)15-16-36-31)9-7-6-8-17-47-34(44)37-28/h11-12,15-16,18,24-26,28-29H,3-10,13-14,17,19-21H2,1-2H3,(H,37,44)(H,38,41)(H,39,43)/t24-,25-,28+,29+,35?/m1/s1. The van der Waals surface area contributed by atoms with Crippen LogP contribution in [0.5, 0.6) is 5.88 Å². The molecule has 5 atom stereocenters. The monoisotopic (exact) mass is 697 g/mol. The van der Waals surface area contributed by atoms with Crippen LogP contribution in [0.4, 0.5) is 4.79 Å². The molecule has 13 nitrogen and oxygen atoms in total. The summed E-state index contributed by atoms with van der Waals surface area (Å²) in [6.07, 6.45) is 7.34. The van der Waals surface area contributed by atoms with Crippen molar-refractivity contribution in [2.45, 2.75) is 120 Å². The SMILES string of the molecule is CCCC[C@@H]1NC(=O)OCCCCCc2ccc3ccnc(c3c2)O[C@@H]2C[C@@H](C(=O)NC3(C(=O)NS(=O)(=O)C4CC4)C[C@H]3CC)N(C2)C1=O. The predicted molar refractivity (Wildman–Crippen MR) is 181 cm³/mol. The van der Waals surface area contributed by atoms with Crippen LogP contribution in [0.3, 0.4) is 0 Å². The van der Waals surface area contributed by atoms with E-state index >= 15 is 0 Å². The van der Waals surface area contributed by atoms with Gasteiger partial charge in [0.15, 0.2) is 0 Å². The second-order valence-electron chi connectivity index (χ2n) is 13.9.